The molecule has 2 heterocycles. The van der Waals surface area contributed by atoms with Crippen LogP contribution in [0.4, 0.5) is 0 Å². The van der Waals surface area contributed by atoms with Gasteiger partial charge in [0.05, 0.1) is 11.7 Å². The van der Waals surface area contributed by atoms with Crippen LogP contribution < -0.4 is 5.32 Å². The Hall–Kier alpha value is -0.0600. The highest BCUT2D eigenvalue weighted by Crippen LogP contribution is 2.38. The van der Waals surface area contributed by atoms with Gasteiger partial charge in [0, 0.05) is 4.88 Å². The molecule has 1 aromatic rings. The minimum atomic E-state index is 0.505. The second kappa shape index (κ2) is 4.67. The lowest BCUT2D eigenvalue weighted by Crippen LogP contribution is -2.25. The molecule has 0 radical (unpaired) electrons. The first-order valence-corrected chi connectivity index (χ1v) is 8.09. The average Bonchev–Trinajstić information content (AvgIpc) is 2.91. The van der Waals surface area contributed by atoms with Crippen LogP contribution in [-0.4, -0.2) is 23.5 Å². The second-order valence-electron chi connectivity index (χ2n) is 4.67. The molecule has 2 aliphatic rings. The topological polar surface area (TPSA) is 24.9 Å². The van der Waals surface area contributed by atoms with Gasteiger partial charge in [0.25, 0.3) is 0 Å². The largest absolute Gasteiger partial charge is 0.311 e. The first kappa shape index (κ1) is 11.1. The number of aryl methyl sites for hydroxylation is 2. The quantitative estimate of drug-likeness (QED) is 0.897. The number of thiazole rings is 1. The van der Waals surface area contributed by atoms with Gasteiger partial charge in [0.15, 0.2) is 0 Å². The van der Waals surface area contributed by atoms with Crippen LogP contribution in [0.2, 0.25) is 0 Å². The highest BCUT2D eigenvalue weighted by atomic mass is 32.2. The number of nitrogens with zero attached hydrogens (tertiary/aromatic N) is 1. The number of hydrogen-bond acceptors (Lipinski definition) is 4. The summed E-state index contributed by atoms with van der Waals surface area (Å²) >= 11 is 4.05. The van der Waals surface area contributed by atoms with Crippen molar-refractivity contribution in [2.75, 3.05) is 18.6 Å². The van der Waals surface area contributed by atoms with Gasteiger partial charge in [-0.15, -0.1) is 11.3 Å². The number of nitrogens with one attached hydrogen (secondary N) is 1. The van der Waals surface area contributed by atoms with Gasteiger partial charge in [-0.3, -0.25) is 0 Å². The normalized spacial score (nSPS) is 25.9. The third kappa shape index (κ3) is 1.91. The molecule has 0 aromatic carbocycles. The van der Waals surface area contributed by atoms with Crippen LogP contribution in [0.1, 0.15) is 34.5 Å². The van der Waals surface area contributed by atoms with E-state index in [1.54, 1.807) is 4.88 Å². The predicted molar refractivity (Wildman–Crippen MR) is 71.4 cm³/mol. The molecule has 88 valence electrons. The van der Waals surface area contributed by atoms with E-state index in [2.05, 4.69) is 24.1 Å². The zero-order valence-corrected chi connectivity index (χ0v) is 11.3. The van der Waals surface area contributed by atoms with E-state index in [4.69, 9.17) is 4.98 Å². The van der Waals surface area contributed by atoms with Crippen LogP contribution in [0.3, 0.4) is 0 Å². The molecule has 0 amide bonds. The Morgan fingerprint density at radius 3 is 3.06 bits per heavy atom. The van der Waals surface area contributed by atoms with Gasteiger partial charge in [-0.2, -0.15) is 11.8 Å². The summed E-state index contributed by atoms with van der Waals surface area (Å²) in [5, 5.41) is 4.83. The van der Waals surface area contributed by atoms with E-state index < -0.39 is 0 Å². The van der Waals surface area contributed by atoms with Crippen molar-refractivity contribution in [2.45, 2.75) is 31.7 Å². The Kier molecular flexibility index (Phi) is 3.22. The fourth-order valence-corrected chi connectivity index (χ4v) is 5.38. The van der Waals surface area contributed by atoms with Crippen LogP contribution >= 0.6 is 23.1 Å². The van der Waals surface area contributed by atoms with E-state index in [-0.39, 0.29) is 0 Å². The van der Waals surface area contributed by atoms with Gasteiger partial charge < -0.3 is 5.32 Å². The predicted octanol–water partition coefficient (Wildman–Crippen LogP) is 2.65. The molecule has 1 aromatic heterocycles. The van der Waals surface area contributed by atoms with Crippen LogP contribution in [0.5, 0.6) is 0 Å². The number of rotatable bonds is 3. The van der Waals surface area contributed by atoms with E-state index >= 15 is 0 Å². The molecule has 1 aliphatic carbocycles. The number of thioether (sulfide) groups is 1. The Bertz CT molecular complexity index is 348. The summed E-state index contributed by atoms with van der Waals surface area (Å²) in [6.07, 6.45) is 5.14. The zero-order valence-electron chi connectivity index (χ0n) is 9.66. The second-order valence-corrected chi connectivity index (χ2v) is 6.93. The van der Waals surface area contributed by atoms with Gasteiger partial charge in [-0.1, -0.05) is 0 Å². The molecule has 1 saturated heterocycles. The third-order valence-electron chi connectivity index (χ3n) is 3.63. The maximum Gasteiger partial charge on any atom is 0.110 e. The Labute approximate surface area is 105 Å². The van der Waals surface area contributed by atoms with Crippen LogP contribution in [-0.2, 0) is 12.8 Å². The lowest BCUT2D eigenvalue weighted by molar-refractivity contribution is 0.418. The fraction of sp³-hybridized carbons (Fsp3) is 0.750. The number of hydrogen-bond donors (Lipinski definition) is 1. The van der Waals surface area contributed by atoms with Crippen LogP contribution in [0.25, 0.3) is 0 Å². The summed E-state index contributed by atoms with van der Waals surface area (Å²) in [4.78, 5) is 6.41. The minimum absolute atomic E-state index is 0.505. The molecule has 1 N–H and O–H groups in total. The van der Waals surface area contributed by atoms with Gasteiger partial charge in [-0.05, 0) is 50.2 Å². The molecule has 2 nitrogen and oxygen atoms in total. The van der Waals surface area contributed by atoms with Gasteiger partial charge in [-0.25, -0.2) is 4.98 Å². The van der Waals surface area contributed by atoms with Crippen molar-refractivity contribution in [1.82, 2.24) is 10.3 Å². The molecule has 1 aliphatic heterocycles. The van der Waals surface area contributed by atoms with Gasteiger partial charge in [0.1, 0.15) is 5.01 Å². The summed E-state index contributed by atoms with van der Waals surface area (Å²) in [7, 11) is 2.08. The van der Waals surface area contributed by atoms with E-state index in [9.17, 15) is 0 Å². The molecule has 0 bridgehead atoms. The average molecular weight is 254 g/mol. The Morgan fingerprint density at radius 1 is 1.44 bits per heavy atom. The SMILES string of the molecule is CNC(c1nc2c(s1)CCC2)C1CCSC1. The summed E-state index contributed by atoms with van der Waals surface area (Å²) in [6.45, 7) is 0. The van der Waals surface area contributed by atoms with Crippen molar-refractivity contribution >= 4 is 23.1 Å². The maximum absolute atomic E-state index is 4.85. The number of aromatic nitrogens is 1. The van der Waals surface area contributed by atoms with E-state index in [1.165, 1.54) is 47.9 Å². The van der Waals surface area contributed by atoms with Crippen molar-refractivity contribution in [3.8, 4) is 0 Å². The lowest BCUT2D eigenvalue weighted by atomic mass is 10.00. The molecule has 2 atom stereocenters. The monoisotopic (exact) mass is 254 g/mol. The standard InChI is InChI=1S/C12H18N2S2/c1-13-11(8-5-6-15-7-8)12-14-9-3-2-4-10(9)16-12/h8,11,13H,2-7H2,1H3. The first-order chi connectivity index (χ1) is 7.88. The smallest absolute Gasteiger partial charge is 0.110 e. The summed E-state index contributed by atoms with van der Waals surface area (Å²) < 4.78 is 0. The van der Waals surface area contributed by atoms with Gasteiger partial charge in [0.2, 0.25) is 0 Å². The number of fused-ring (bicyclic) bond motifs is 1. The van der Waals surface area contributed by atoms with Crippen molar-refractivity contribution in [3.05, 3.63) is 15.6 Å². The molecule has 2 unspecified atom stereocenters. The zero-order chi connectivity index (χ0) is 11.0. The third-order valence-corrected chi connectivity index (χ3v) is 6.05. The Morgan fingerprint density at radius 2 is 2.38 bits per heavy atom. The van der Waals surface area contributed by atoms with Crippen LogP contribution in [0, 0.1) is 5.92 Å². The van der Waals surface area contributed by atoms with E-state index in [0.29, 0.717) is 6.04 Å². The van der Waals surface area contributed by atoms with Crippen molar-refractivity contribution in [1.29, 1.82) is 0 Å². The van der Waals surface area contributed by atoms with E-state index in [0.717, 1.165) is 5.92 Å². The fourth-order valence-electron chi connectivity index (χ4n) is 2.72. The first-order valence-electron chi connectivity index (χ1n) is 6.12. The van der Waals surface area contributed by atoms with Crippen molar-refractivity contribution < 1.29 is 0 Å². The van der Waals surface area contributed by atoms with Crippen molar-refractivity contribution in [2.24, 2.45) is 5.92 Å². The van der Waals surface area contributed by atoms with Crippen LogP contribution in [0.15, 0.2) is 0 Å². The molecule has 4 heteroatoms. The summed E-state index contributed by atoms with van der Waals surface area (Å²) in [6, 6.07) is 0.505. The summed E-state index contributed by atoms with van der Waals surface area (Å²) in [5.41, 5.74) is 1.39. The lowest BCUT2D eigenvalue weighted by Gasteiger charge is -2.19. The minimum Gasteiger partial charge on any atom is -0.311 e. The molecule has 0 saturated carbocycles. The maximum atomic E-state index is 4.85. The molecular formula is C12H18N2S2. The molecular weight excluding hydrogens is 236 g/mol. The molecule has 3 rings (SSSR count). The highest BCUT2D eigenvalue weighted by Gasteiger charge is 2.29. The van der Waals surface area contributed by atoms with Gasteiger partial charge >= 0.3 is 0 Å². The molecule has 16 heavy (non-hydrogen) atoms. The highest BCUT2D eigenvalue weighted by molar-refractivity contribution is 7.99. The van der Waals surface area contributed by atoms with E-state index in [1.807, 2.05) is 11.3 Å². The molecule has 0 spiro atoms. The van der Waals surface area contributed by atoms with Crippen molar-refractivity contribution in [3.63, 3.8) is 0 Å². The molecule has 1 fully saturated rings. The summed E-state index contributed by atoms with van der Waals surface area (Å²) in [5.74, 6) is 3.42. The Balaban J connectivity index is 1.82.